The first-order chi connectivity index (χ1) is 25.6. The van der Waals surface area contributed by atoms with Crippen LogP contribution in [0.1, 0.15) is 168 Å². The Morgan fingerprint density at radius 3 is 1.33 bits per heavy atom. The van der Waals surface area contributed by atoms with Crippen molar-refractivity contribution >= 4 is 11.9 Å². The minimum Gasteiger partial charge on any atom is -0.462 e. The number of ether oxygens (including phenoxy) is 2. The third-order valence-electron chi connectivity index (χ3n) is 8.38. The first-order valence-electron chi connectivity index (χ1n) is 20.8. The normalized spacial score (nSPS) is 13.2. The molecule has 0 radical (unpaired) electrons. The quantitative estimate of drug-likeness (QED) is 0.0396. The predicted octanol–water partition coefficient (Wildman–Crippen LogP) is 13.3. The Hall–Kier alpha value is -3.18. The molecule has 0 bridgehead atoms. The van der Waals surface area contributed by atoms with Crippen molar-refractivity contribution < 1.29 is 24.2 Å². The molecule has 52 heavy (non-hydrogen) atoms. The van der Waals surface area contributed by atoms with E-state index < -0.39 is 6.10 Å². The second-order valence-corrected chi connectivity index (χ2v) is 13.3. The van der Waals surface area contributed by atoms with Gasteiger partial charge in [-0.3, -0.25) is 9.59 Å². The molecule has 0 aliphatic carbocycles. The molecule has 0 aromatic rings. The summed E-state index contributed by atoms with van der Waals surface area (Å²) in [5.74, 6) is -0.701. The van der Waals surface area contributed by atoms with Gasteiger partial charge in [0.2, 0.25) is 0 Å². The van der Waals surface area contributed by atoms with Crippen LogP contribution in [0.5, 0.6) is 0 Å². The van der Waals surface area contributed by atoms with Crippen molar-refractivity contribution in [2.75, 3.05) is 13.2 Å². The van der Waals surface area contributed by atoms with Gasteiger partial charge in [-0.1, -0.05) is 169 Å². The van der Waals surface area contributed by atoms with E-state index in [0.29, 0.717) is 12.8 Å². The SMILES string of the molecule is CC/C=C\C/C=C\C/C=C\C/C=C\C/C=C\C/C=C\CCC(=O)OC[C@H](CO)OC(=O)CCCCCCCCCCC/C=C\C/C=C\CCCCC. The van der Waals surface area contributed by atoms with Crippen molar-refractivity contribution in [1.29, 1.82) is 0 Å². The lowest BCUT2D eigenvalue weighted by atomic mass is 10.1. The number of hydrogen-bond donors (Lipinski definition) is 1. The minimum absolute atomic E-state index is 0.113. The molecule has 1 atom stereocenters. The van der Waals surface area contributed by atoms with E-state index in [2.05, 4.69) is 98.9 Å². The van der Waals surface area contributed by atoms with Gasteiger partial charge in [-0.05, 0) is 83.5 Å². The summed E-state index contributed by atoms with van der Waals surface area (Å²) in [6, 6.07) is 0. The van der Waals surface area contributed by atoms with E-state index in [-0.39, 0.29) is 31.6 Å². The summed E-state index contributed by atoms with van der Waals surface area (Å²) in [6.45, 7) is 3.92. The van der Waals surface area contributed by atoms with E-state index in [9.17, 15) is 14.7 Å². The van der Waals surface area contributed by atoms with E-state index in [4.69, 9.17) is 9.47 Å². The maximum atomic E-state index is 12.2. The highest BCUT2D eigenvalue weighted by molar-refractivity contribution is 5.70. The Morgan fingerprint density at radius 1 is 0.462 bits per heavy atom. The fourth-order valence-corrected chi connectivity index (χ4v) is 5.26. The van der Waals surface area contributed by atoms with Gasteiger partial charge >= 0.3 is 11.9 Å². The van der Waals surface area contributed by atoms with E-state index in [1.165, 1.54) is 70.6 Å². The van der Waals surface area contributed by atoms with Gasteiger partial charge in [0.25, 0.3) is 0 Å². The first kappa shape index (κ1) is 48.8. The number of carbonyl (C=O) groups excluding carboxylic acids is 2. The molecule has 5 heteroatoms. The Morgan fingerprint density at radius 2 is 0.865 bits per heavy atom. The zero-order valence-corrected chi connectivity index (χ0v) is 33.3. The summed E-state index contributed by atoms with van der Waals surface area (Å²) >= 11 is 0. The highest BCUT2D eigenvalue weighted by Crippen LogP contribution is 2.12. The molecule has 0 unspecified atom stereocenters. The van der Waals surface area contributed by atoms with Crippen molar-refractivity contribution in [1.82, 2.24) is 0 Å². The van der Waals surface area contributed by atoms with Crippen LogP contribution in [0.4, 0.5) is 0 Å². The predicted molar refractivity (Wildman–Crippen MR) is 223 cm³/mol. The summed E-state index contributed by atoms with van der Waals surface area (Å²) in [5.41, 5.74) is 0. The average Bonchev–Trinajstić information content (AvgIpc) is 3.15. The summed E-state index contributed by atoms with van der Waals surface area (Å²) in [7, 11) is 0. The fraction of sp³-hybridized carbons (Fsp3) is 0.617. The van der Waals surface area contributed by atoms with Crippen LogP contribution in [0.3, 0.4) is 0 Å². The van der Waals surface area contributed by atoms with E-state index in [0.717, 1.165) is 64.2 Å². The molecule has 5 nitrogen and oxygen atoms in total. The zero-order chi connectivity index (χ0) is 37.8. The van der Waals surface area contributed by atoms with E-state index in [1.807, 2.05) is 12.2 Å². The Kier molecular flexibility index (Phi) is 39.7. The third-order valence-corrected chi connectivity index (χ3v) is 8.38. The molecule has 0 aromatic heterocycles. The van der Waals surface area contributed by atoms with Crippen LogP contribution in [0.2, 0.25) is 0 Å². The molecule has 0 aliphatic heterocycles. The minimum atomic E-state index is -0.810. The largest absolute Gasteiger partial charge is 0.462 e. The average molecular weight is 721 g/mol. The molecule has 0 amide bonds. The van der Waals surface area contributed by atoms with Crippen LogP contribution in [0.25, 0.3) is 0 Å². The van der Waals surface area contributed by atoms with Crippen molar-refractivity contribution in [2.24, 2.45) is 0 Å². The van der Waals surface area contributed by atoms with Crippen LogP contribution < -0.4 is 0 Å². The Labute approximate surface area is 319 Å². The van der Waals surface area contributed by atoms with Gasteiger partial charge < -0.3 is 14.6 Å². The molecular weight excluding hydrogens is 645 g/mol. The lowest BCUT2D eigenvalue weighted by Gasteiger charge is -2.15. The second-order valence-electron chi connectivity index (χ2n) is 13.3. The highest BCUT2D eigenvalue weighted by atomic mass is 16.6. The number of aliphatic hydroxyl groups excluding tert-OH is 1. The van der Waals surface area contributed by atoms with Gasteiger partial charge in [0.05, 0.1) is 6.61 Å². The van der Waals surface area contributed by atoms with Crippen molar-refractivity contribution in [3.8, 4) is 0 Å². The topological polar surface area (TPSA) is 72.8 Å². The molecule has 0 saturated carbocycles. The number of hydrogen-bond acceptors (Lipinski definition) is 5. The zero-order valence-electron chi connectivity index (χ0n) is 33.3. The van der Waals surface area contributed by atoms with Gasteiger partial charge in [0.1, 0.15) is 6.61 Å². The van der Waals surface area contributed by atoms with Crippen molar-refractivity contribution in [3.63, 3.8) is 0 Å². The smallest absolute Gasteiger partial charge is 0.306 e. The number of rotatable bonds is 36. The van der Waals surface area contributed by atoms with Gasteiger partial charge in [0, 0.05) is 12.8 Å². The van der Waals surface area contributed by atoms with Gasteiger partial charge in [-0.25, -0.2) is 0 Å². The second kappa shape index (κ2) is 42.2. The molecule has 0 rings (SSSR count). The Bertz CT molecular complexity index is 1040. The number of allylic oxidation sites excluding steroid dienone is 16. The number of unbranched alkanes of at least 4 members (excludes halogenated alkanes) is 12. The van der Waals surface area contributed by atoms with Gasteiger partial charge in [0.15, 0.2) is 6.10 Å². The van der Waals surface area contributed by atoms with Crippen molar-refractivity contribution in [2.45, 2.75) is 174 Å². The van der Waals surface area contributed by atoms with Crippen LogP contribution in [0.15, 0.2) is 97.2 Å². The lowest BCUT2D eigenvalue weighted by molar-refractivity contribution is -0.161. The Balaban J connectivity index is 3.70. The molecule has 0 saturated heterocycles. The molecular formula is C47H76O5. The maximum Gasteiger partial charge on any atom is 0.306 e. The molecule has 0 aromatic carbocycles. The van der Waals surface area contributed by atoms with Crippen molar-refractivity contribution in [3.05, 3.63) is 97.2 Å². The van der Waals surface area contributed by atoms with E-state index >= 15 is 0 Å². The van der Waals surface area contributed by atoms with E-state index in [1.54, 1.807) is 0 Å². The van der Waals surface area contributed by atoms with Crippen LogP contribution >= 0.6 is 0 Å². The molecule has 294 valence electrons. The molecule has 0 spiro atoms. The molecule has 0 heterocycles. The number of aliphatic hydroxyl groups is 1. The number of esters is 2. The lowest BCUT2D eigenvalue weighted by Crippen LogP contribution is -2.28. The monoisotopic (exact) mass is 721 g/mol. The summed E-state index contributed by atoms with van der Waals surface area (Å²) in [6.07, 6.45) is 59.1. The molecule has 0 fully saturated rings. The van der Waals surface area contributed by atoms with Gasteiger partial charge in [-0.2, -0.15) is 0 Å². The summed E-state index contributed by atoms with van der Waals surface area (Å²) in [5, 5.41) is 9.56. The highest BCUT2D eigenvalue weighted by Gasteiger charge is 2.15. The van der Waals surface area contributed by atoms with Crippen LogP contribution in [-0.2, 0) is 19.1 Å². The molecule has 1 N–H and O–H groups in total. The third kappa shape index (κ3) is 39.6. The van der Waals surface area contributed by atoms with Crippen LogP contribution in [-0.4, -0.2) is 36.4 Å². The first-order valence-corrected chi connectivity index (χ1v) is 20.8. The fourth-order valence-electron chi connectivity index (χ4n) is 5.26. The summed E-state index contributed by atoms with van der Waals surface area (Å²) in [4.78, 5) is 24.3. The molecule has 0 aliphatic rings. The van der Waals surface area contributed by atoms with Crippen LogP contribution in [0, 0.1) is 0 Å². The van der Waals surface area contributed by atoms with Gasteiger partial charge in [-0.15, -0.1) is 0 Å². The number of carbonyl (C=O) groups is 2. The maximum absolute atomic E-state index is 12.2. The standard InChI is InChI=1S/C47H76O5/c1-3-5-7-9-11-13-15-17-19-21-23-25-27-29-31-33-35-37-39-41-46(49)51-44-45(43-48)52-47(50)42-40-38-36-34-32-30-28-26-24-22-20-18-16-14-12-10-8-6-4-2/h5,7,11-14,17-20,23,25,29,31,35,37,45,48H,3-4,6,8-10,15-16,21-22,24,26-28,30,32-34,36,38-44H2,1-2H3/b7-5-,13-11-,14-12-,19-17-,20-18-,25-23-,31-29-,37-35-/t45-/m0/s1. The summed E-state index contributed by atoms with van der Waals surface area (Å²) < 4.78 is 10.6.